The molecular formula is C12H22N2OS. The number of ether oxygens (including phenoxy) is 1. The maximum absolute atomic E-state index is 5.49. The van der Waals surface area contributed by atoms with Crippen molar-refractivity contribution in [3.05, 3.63) is 0 Å². The van der Waals surface area contributed by atoms with Crippen molar-refractivity contribution < 1.29 is 4.74 Å². The molecule has 0 amide bonds. The Morgan fingerprint density at radius 2 is 2.12 bits per heavy atom. The van der Waals surface area contributed by atoms with E-state index in [1.807, 2.05) is 0 Å². The number of methoxy groups -OCH3 is 1. The summed E-state index contributed by atoms with van der Waals surface area (Å²) in [6, 6.07) is 1.02. The number of thiocarbonyl (C=S) groups is 1. The molecule has 2 saturated carbocycles. The second-order valence-electron chi connectivity index (χ2n) is 5.13. The van der Waals surface area contributed by atoms with Crippen LogP contribution in [0, 0.1) is 5.92 Å². The van der Waals surface area contributed by atoms with Crippen LogP contribution in [0.15, 0.2) is 0 Å². The van der Waals surface area contributed by atoms with Crippen LogP contribution in [-0.2, 0) is 4.74 Å². The Labute approximate surface area is 104 Å². The first kappa shape index (κ1) is 12.1. The Morgan fingerprint density at radius 1 is 1.44 bits per heavy atom. The van der Waals surface area contributed by atoms with Gasteiger partial charge in [0.15, 0.2) is 5.11 Å². The predicted octanol–water partition coefficient (Wildman–Crippen LogP) is 1.77. The van der Waals surface area contributed by atoms with Crippen molar-refractivity contribution in [2.75, 3.05) is 20.3 Å². The van der Waals surface area contributed by atoms with Gasteiger partial charge in [-0.2, -0.15) is 0 Å². The van der Waals surface area contributed by atoms with Gasteiger partial charge in [0.05, 0.1) is 6.61 Å². The van der Waals surface area contributed by atoms with Crippen LogP contribution in [0.4, 0.5) is 0 Å². The highest BCUT2D eigenvalue weighted by Crippen LogP contribution is 2.34. The first-order chi connectivity index (χ1) is 7.70. The summed E-state index contributed by atoms with van der Waals surface area (Å²) < 4.78 is 5.11. The molecule has 0 radical (unpaired) electrons. The summed E-state index contributed by atoms with van der Waals surface area (Å²) in [5, 5.41) is 4.30. The van der Waals surface area contributed by atoms with E-state index in [1.54, 1.807) is 7.11 Å². The van der Waals surface area contributed by atoms with E-state index in [1.165, 1.54) is 25.7 Å². The Morgan fingerprint density at radius 3 is 2.62 bits per heavy atom. The molecule has 0 aromatic carbocycles. The zero-order chi connectivity index (χ0) is 11.5. The van der Waals surface area contributed by atoms with Gasteiger partial charge < -0.3 is 15.0 Å². The van der Waals surface area contributed by atoms with Crippen LogP contribution in [0.2, 0.25) is 0 Å². The highest BCUT2D eigenvalue weighted by molar-refractivity contribution is 7.80. The standard InChI is InChI=1S/C12H22N2OS/c1-9(8-15-2)13-12(16)14(11-5-6-11)7-10-3-4-10/h9-11H,3-8H2,1-2H3,(H,13,16). The molecule has 3 nitrogen and oxygen atoms in total. The molecule has 1 atom stereocenters. The summed E-state index contributed by atoms with van der Waals surface area (Å²) in [7, 11) is 1.73. The van der Waals surface area contributed by atoms with Gasteiger partial charge in [0, 0.05) is 25.7 Å². The smallest absolute Gasteiger partial charge is 0.169 e. The molecule has 0 aromatic rings. The third-order valence-corrected chi connectivity index (χ3v) is 3.54. The number of hydrogen-bond donors (Lipinski definition) is 1. The van der Waals surface area contributed by atoms with Crippen LogP contribution in [0.25, 0.3) is 0 Å². The van der Waals surface area contributed by atoms with E-state index in [0.29, 0.717) is 12.6 Å². The molecule has 1 unspecified atom stereocenters. The molecule has 4 heteroatoms. The summed E-state index contributed by atoms with van der Waals surface area (Å²) >= 11 is 5.49. The van der Waals surface area contributed by atoms with E-state index < -0.39 is 0 Å². The number of nitrogens with one attached hydrogen (secondary N) is 1. The second-order valence-corrected chi connectivity index (χ2v) is 5.52. The fraction of sp³-hybridized carbons (Fsp3) is 0.917. The molecule has 0 aliphatic heterocycles. The molecule has 92 valence electrons. The second kappa shape index (κ2) is 5.32. The summed E-state index contributed by atoms with van der Waals surface area (Å²) in [4.78, 5) is 2.40. The van der Waals surface area contributed by atoms with Crippen LogP contribution in [0.5, 0.6) is 0 Å². The SMILES string of the molecule is COCC(C)NC(=S)N(CC1CC1)C1CC1. The Bertz CT molecular complexity index is 251. The van der Waals surface area contributed by atoms with Crippen molar-refractivity contribution in [2.24, 2.45) is 5.92 Å². The molecule has 0 spiro atoms. The maximum Gasteiger partial charge on any atom is 0.169 e. The lowest BCUT2D eigenvalue weighted by atomic mass is 10.3. The Balaban J connectivity index is 1.78. The van der Waals surface area contributed by atoms with E-state index in [-0.39, 0.29) is 0 Å². The van der Waals surface area contributed by atoms with Gasteiger partial charge in [0.2, 0.25) is 0 Å². The molecule has 2 rings (SSSR count). The van der Waals surface area contributed by atoms with Gasteiger partial charge in [0.1, 0.15) is 0 Å². The molecule has 2 aliphatic rings. The minimum atomic E-state index is 0.304. The third-order valence-electron chi connectivity index (χ3n) is 3.19. The van der Waals surface area contributed by atoms with Crippen LogP contribution < -0.4 is 5.32 Å². The molecule has 1 N–H and O–H groups in total. The summed E-state index contributed by atoms with van der Waals surface area (Å²) in [6.07, 6.45) is 5.40. The highest BCUT2D eigenvalue weighted by atomic mass is 32.1. The molecule has 0 bridgehead atoms. The highest BCUT2D eigenvalue weighted by Gasteiger charge is 2.35. The lowest BCUT2D eigenvalue weighted by Gasteiger charge is -2.28. The zero-order valence-corrected chi connectivity index (χ0v) is 11.1. The van der Waals surface area contributed by atoms with Crippen molar-refractivity contribution in [2.45, 2.75) is 44.7 Å². The normalized spacial score (nSPS) is 21.6. The van der Waals surface area contributed by atoms with Crippen LogP contribution in [0.3, 0.4) is 0 Å². The van der Waals surface area contributed by atoms with Gasteiger partial charge >= 0.3 is 0 Å². The van der Waals surface area contributed by atoms with Crippen molar-refractivity contribution >= 4 is 17.3 Å². The van der Waals surface area contributed by atoms with Crippen molar-refractivity contribution in [1.82, 2.24) is 10.2 Å². The fourth-order valence-electron chi connectivity index (χ4n) is 1.95. The van der Waals surface area contributed by atoms with E-state index >= 15 is 0 Å². The minimum absolute atomic E-state index is 0.304. The molecule has 0 aromatic heterocycles. The topological polar surface area (TPSA) is 24.5 Å². The average molecular weight is 242 g/mol. The lowest BCUT2D eigenvalue weighted by Crippen LogP contribution is -2.46. The van der Waals surface area contributed by atoms with Gasteiger partial charge in [-0.25, -0.2) is 0 Å². The van der Waals surface area contributed by atoms with Crippen LogP contribution in [0.1, 0.15) is 32.6 Å². The first-order valence-corrected chi connectivity index (χ1v) is 6.67. The number of hydrogen-bond acceptors (Lipinski definition) is 2. The molecule has 2 fully saturated rings. The summed E-state index contributed by atoms with van der Waals surface area (Å²) in [5.41, 5.74) is 0. The predicted molar refractivity (Wildman–Crippen MR) is 69.5 cm³/mol. The van der Waals surface area contributed by atoms with Crippen molar-refractivity contribution in [3.8, 4) is 0 Å². The quantitative estimate of drug-likeness (QED) is 0.718. The van der Waals surface area contributed by atoms with E-state index in [4.69, 9.17) is 17.0 Å². The first-order valence-electron chi connectivity index (χ1n) is 6.26. The zero-order valence-electron chi connectivity index (χ0n) is 10.2. The molecular weight excluding hydrogens is 220 g/mol. The molecule has 0 heterocycles. The van der Waals surface area contributed by atoms with Crippen LogP contribution in [-0.4, -0.2) is 42.4 Å². The van der Waals surface area contributed by atoms with Gasteiger partial charge in [0.25, 0.3) is 0 Å². The van der Waals surface area contributed by atoms with Gasteiger partial charge in [-0.15, -0.1) is 0 Å². The minimum Gasteiger partial charge on any atom is -0.383 e. The molecule has 0 saturated heterocycles. The van der Waals surface area contributed by atoms with Gasteiger partial charge in [-0.05, 0) is 50.7 Å². The Kier molecular flexibility index (Phi) is 4.03. The van der Waals surface area contributed by atoms with Crippen LogP contribution >= 0.6 is 12.2 Å². The Hall–Kier alpha value is -0.350. The maximum atomic E-state index is 5.49. The number of rotatable bonds is 6. The largest absolute Gasteiger partial charge is 0.383 e. The third kappa shape index (κ3) is 3.59. The molecule has 16 heavy (non-hydrogen) atoms. The van der Waals surface area contributed by atoms with E-state index in [0.717, 1.165) is 23.6 Å². The summed E-state index contributed by atoms with van der Waals surface area (Å²) in [5.74, 6) is 0.901. The van der Waals surface area contributed by atoms with E-state index in [9.17, 15) is 0 Å². The van der Waals surface area contributed by atoms with Gasteiger partial charge in [-0.3, -0.25) is 0 Å². The van der Waals surface area contributed by atoms with E-state index in [2.05, 4.69) is 17.1 Å². The monoisotopic (exact) mass is 242 g/mol. The average Bonchev–Trinajstić information content (AvgIpc) is 3.08. The number of nitrogens with zero attached hydrogens (tertiary/aromatic N) is 1. The molecule has 2 aliphatic carbocycles. The van der Waals surface area contributed by atoms with Crippen molar-refractivity contribution in [1.29, 1.82) is 0 Å². The fourth-order valence-corrected chi connectivity index (χ4v) is 2.37. The van der Waals surface area contributed by atoms with Crippen molar-refractivity contribution in [3.63, 3.8) is 0 Å². The lowest BCUT2D eigenvalue weighted by molar-refractivity contribution is 0.177. The summed E-state index contributed by atoms with van der Waals surface area (Å²) in [6.45, 7) is 3.98. The van der Waals surface area contributed by atoms with Gasteiger partial charge in [-0.1, -0.05) is 0 Å².